The summed E-state index contributed by atoms with van der Waals surface area (Å²) in [4.78, 5) is 8.40. The van der Waals surface area contributed by atoms with Gasteiger partial charge in [0.05, 0.1) is 18.5 Å². The van der Waals surface area contributed by atoms with Crippen molar-refractivity contribution in [1.29, 1.82) is 0 Å². The summed E-state index contributed by atoms with van der Waals surface area (Å²) in [6.45, 7) is 8.55. The predicted molar refractivity (Wildman–Crippen MR) is 89.3 cm³/mol. The molecule has 2 aromatic rings. The lowest BCUT2D eigenvalue weighted by Crippen LogP contribution is -2.20. The van der Waals surface area contributed by atoms with Gasteiger partial charge in [-0.2, -0.15) is 0 Å². The van der Waals surface area contributed by atoms with Crippen molar-refractivity contribution < 1.29 is 4.42 Å². The van der Waals surface area contributed by atoms with Crippen molar-refractivity contribution in [2.24, 2.45) is 10.9 Å². The van der Waals surface area contributed by atoms with Crippen LogP contribution in [0.2, 0.25) is 0 Å². The summed E-state index contributed by atoms with van der Waals surface area (Å²) < 4.78 is 5.63. The molecule has 108 valence electrons. The van der Waals surface area contributed by atoms with E-state index in [-0.39, 0.29) is 0 Å². The Labute approximate surface area is 128 Å². The van der Waals surface area contributed by atoms with E-state index in [0.717, 1.165) is 23.8 Å². The van der Waals surface area contributed by atoms with Crippen molar-refractivity contribution >= 4 is 33.6 Å². The van der Waals surface area contributed by atoms with Crippen LogP contribution in [-0.4, -0.2) is 23.2 Å². The first-order valence-corrected chi connectivity index (χ1v) is 8.19. The molecule has 1 aromatic heterocycles. The lowest BCUT2D eigenvalue weighted by Gasteiger charge is -2.18. The number of aliphatic imine (C=N–C) groups is 1. The molecule has 2 aliphatic rings. The van der Waals surface area contributed by atoms with E-state index in [1.165, 1.54) is 27.1 Å². The number of hydrogen-bond acceptors (Lipinski definition) is 4. The lowest BCUT2D eigenvalue weighted by atomic mass is 10.0. The molecule has 0 saturated heterocycles. The van der Waals surface area contributed by atoms with E-state index in [9.17, 15) is 0 Å². The zero-order chi connectivity index (χ0) is 14.6. The molecule has 3 nitrogen and oxygen atoms in total. The topological polar surface area (TPSA) is 28.7 Å². The highest BCUT2D eigenvalue weighted by Gasteiger charge is 2.34. The second kappa shape index (κ2) is 4.67. The van der Waals surface area contributed by atoms with E-state index in [2.05, 4.69) is 42.8 Å². The van der Waals surface area contributed by atoms with Gasteiger partial charge in [-0.05, 0) is 36.6 Å². The molecule has 0 amide bonds. The molecule has 4 heteroatoms. The van der Waals surface area contributed by atoms with Crippen molar-refractivity contribution in [2.75, 3.05) is 13.1 Å². The molecule has 21 heavy (non-hydrogen) atoms. The maximum Gasteiger partial charge on any atom is 0.168 e. The number of thioether (sulfide) groups is 1. The summed E-state index contributed by atoms with van der Waals surface area (Å²) in [6.07, 6.45) is 1.77. The van der Waals surface area contributed by atoms with E-state index in [1.54, 1.807) is 6.26 Å². The monoisotopic (exact) mass is 298 g/mol. The van der Waals surface area contributed by atoms with Gasteiger partial charge in [0.25, 0.3) is 0 Å². The first-order valence-electron chi connectivity index (χ1n) is 7.37. The van der Waals surface area contributed by atoms with Crippen molar-refractivity contribution in [1.82, 2.24) is 4.90 Å². The van der Waals surface area contributed by atoms with Crippen LogP contribution in [0, 0.1) is 12.8 Å². The maximum absolute atomic E-state index is 5.63. The maximum atomic E-state index is 5.63. The second-order valence-corrected chi connectivity index (χ2v) is 6.92. The molecule has 0 unspecified atom stereocenters. The molecular weight excluding hydrogens is 280 g/mol. The first kappa shape index (κ1) is 13.0. The quantitative estimate of drug-likeness (QED) is 0.818. The van der Waals surface area contributed by atoms with Gasteiger partial charge in [0.2, 0.25) is 0 Å². The first-order chi connectivity index (χ1) is 10.1. The molecule has 0 aliphatic carbocycles. The molecule has 0 N–H and O–H groups in total. The van der Waals surface area contributed by atoms with Crippen molar-refractivity contribution in [3.63, 3.8) is 0 Å². The van der Waals surface area contributed by atoms with Gasteiger partial charge in [-0.15, -0.1) is 0 Å². The van der Waals surface area contributed by atoms with Gasteiger partial charge in [0.15, 0.2) is 5.17 Å². The Morgan fingerprint density at radius 3 is 3.00 bits per heavy atom. The fourth-order valence-electron chi connectivity index (χ4n) is 3.08. The SMILES string of the molecule is Cc1cc(C2=C(C(C)C)SC3=NCCN32)cc2occc12. The lowest BCUT2D eigenvalue weighted by molar-refractivity contribution is 0.614. The number of fused-ring (bicyclic) bond motifs is 2. The zero-order valence-electron chi connectivity index (χ0n) is 12.5. The van der Waals surface area contributed by atoms with Gasteiger partial charge in [-0.25, -0.2) is 0 Å². The summed E-state index contributed by atoms with van der Waals surface area (Å²) in [5, 5.41) is 2.36. The number of furan rings is 1. The van der Waals surface area contributed by atoms with Gasteiger partial charge < -0.3 is 9.32 Å². The van der Waals surface area contributed by atoms with Crippen LogP contribution in [0.25, 0.3) is 16.7 Å². The van der Waals surface area contributed by atoms with Crippen LogP contribution in [0.15, 0.2) is 38.8 Å². The second-order valence-electron chi connectivity index (χ2n) is 5.91. The van der Waals surface area contributed by atoms with Gasteiger partial charge in [-0.3, -0.25) is 4.99 Å². The highest BCUT2D eigenvalue weighted by Crippen LogP contribution is 2.45. The number of aryl methyl sites for hydroxylation is 1. The summed E-state index contributed by atoms with van der Waals surface area (Å²) in [7, 11) is 0. The summed E-state index contributed by atoms with van der Waals surface area (Å²) in [6, 6.07) is 6.48. The van der Waals surface area contributed by atoms with Crippen LogP contribution in [0.1, 0.15) is 25.0 Å². The highest BCUT2D eigenvalue weighted by atomic mass is 32.2. The molecule has 0 radical (unpaired) electrons. The van der Waals surface area contributed by atoms with Gasteiger partial charge in [0, 0.05) is 22.4 Å². The van der Waals surface area contributed by atoms with Crippen LogP contribution < -0.4 is 0 Å². The molecule has 4 rings (SSSR count). The normalized spacial score (nSPS) is 18.1. The molecule has 0 atom stereocenters. The van der Waals surface area contributed by atoms with E-state index < -0.39 is 0 Å². The standard InChI is InChI=1S/C17H18N2OS/c1-10(2)16-15(19-6-5-18-17(19)21-16)12-8-11(3)13-4-7-20-14(13)9-12/h4,7-10H,5-6H2,1-3H3. The average Bonchev–Trinajstić information content (AvgIpc) is 3.12. The van der Waals surface area contributed by atoms with E-state index >= 15 is 0 Å². The smallest absolute Gasteiger partial charge is 0.168 e. The Hall–Kier alpha value is -1.68. The van der Waals surface area contributed by atoms with Crippen LogP contribution in [0.3, 0.4) is 0 Å². The largest absolute Gasteiger partial charge is 0.464 e. The molecule has 3 heterocycles. The average molecular weight is 298 g/mol. The summed E-state index contributed by atoms with van der Waals surface area (Å²) >= 11 is 1.83. The van der Waals surface area contributed by atoms with E-state index in [4.69, 9.17) is 4.42 Å². The van der Waals surface area contributed by atoms with Gasteiger partial charge in [0.1, 0.15) is 5.58 Å². The molecule has 0 saturated carbocycles. The van der Waals surface area contributed by atoms with Crippen molar-refractivity contribution in [3.8, 4) is 0 Å². The molecular formula is C17H18N2OS. The molecule has 0 fully saturated rings. The molecule has 0 bridgehead atoms. The van der Waals surface area contributed by atoms with Crippen molar-refractivity contribution in [2.45, 2.75) is 20.8 Å². The Morgan fingerprint density at radius 2 is 2.19 bits per heavy atom. The third-order valence-electron chi connectivity index (χ3n) is 4.08. The van der Waals surface area contributed by atoms with E-state index in [1.807, 2.05) is 17.8 Å². The highest BCUT2D eigenvalue weighted by molar-refractivity contribution is 8.17. The Kier molecular flexibility index (Phi) is 2.89. The number of allylic oxidation sites excluding steroid dienone is 1. The number of rotatable bonds is 2. The minimum Gasteiger partial charge on any atom is -0.464 e. The molecule has 2 aliphatic heterocycles. The molecule has 1 aromatic carbocycles. The third-order valence-corrected chi connectivity index (χ3v) is 5.50. The Bertz CT molecular complexity index is 785. The predicted octanol–water partition coefficient (Wildman–Crippen LogP) is 4.48. The summed E-state index contributed by atoms with van der Waals surface area (Å²) in [5.41, 5.74) is 4.81. The third kappa shape index (κ3) is 1.93. The fraction of sp³-hybridized carbons (Fsp3) is 0.353. The minimum atomic E-state index is 0.505. The fourth-order valence-corrected chi connectivity index (χ4v) is 4.29. The van der Waals surface area contributed by atoms with Crippen LogP contribution in [-0.2, 0) is 0 Å². The van der Waals surface area contributed by atoms with Gasteiger partial charge >= 0.3 is 0 Å². The van der Waals surface area contributed by atoms with E-state index in [0.29, 0.717) is 5.92 Å². The number of hydrogen-bond donors (Lipinski definition) is 0. The molecule has 0 spiro atoms. The minimum absolute atomic E-state index is 0.505. The van der Waals surface area contributed by atoms with Gasteiger partial charge in [-0.1, -0.05) is 25.6 Å². The summed E-state index contributed by atoms with van der Waals surface area (Å²) in [5.74, 6) is 0.505. The van der Waals surface area contributed by atoms with Crippen molar-refractivity contribution in [3.05, 3.63) is 40.5 Å². The van der Waals surface area contributed by atoms with Crippen LogP contribution >= 0.6 is 11.8 Å². The Morgan fingerprint density at radius 1 is 1.33 bits per heavy atom. The zero-order valence-corrected chi connectivity index (χ0v) is 13.3. The number of benzene rings is 1. The Balaban J connectivity index is 1.92. The van der Waals surface area contributed by atoms with Crippen LogP contribution in [0.4, 0.5) is 0 Å². The number of amidine groups is 1. The number of nitrogens with zero attached hydrogens (tertiary/aromatic N) is 2. The van der Waals surface area contributed by atoms with Crippen LogP contribution in [0.5, 0.6) is 0 Å².